The number of phenols is 1. The topological polar surface area (TPSA) is 84.6 Å². The van der Waals surface area contributed by atoms with Crippen LogP contribution in [0.5, 0.6) is 5.75 Å². The smallest absolute Gasteiger partial charge is 0.217 e. The first-order chi connectivity index (χ1) is 8.47. The number of hydrogen-bond acceptors (Lipinski definition) is 4. The van der Waals surface area contributed by atoms with Crippen LogP contribution < -0.4 is 11.1 Å². The SMILES string of the molecule is C=C(N)OCC(Cc1ccc(O)cc1)NC(C)=O. The van der Waals surface area contributed by atoms with E-state index in [1.807, 2.05) is 0 Å². The van der Waals surface area contributed by atoms with Crippen molar-refractivity contribution >= 4 is 5.91 Å². The molecule has 0 radical (unpaired) electrons. The van der Waals surface area contributed by atoms with Gasteiger partial charge in [-0.1, -0.05) is 12.1 Å². The minimum absolute atomic E-state index is 0.121. The lowest BCUT2D eigenvalue weighted by atomic mass is 10.1. The van der Waals surface area contributed by atoms with Gasteiger partial charge in [-0.05, 0) is 30.7 Å². The van der Waals surface area contributed by atoms with E-state index in [1.54, 1.807) is 24.3 Å². The van der Waals surface area contributed by atoms with Crippen LogP contribution in [-0.2, 0) is 16.0 Å². The van der Waals surface area contributed by atoms with E-state index < -0.39 is 0 Å². The highest BCUT2D eigenvalue weighted by molar-refractivity contribution is 5.73. The Morgan fingerprint density at radius 1 is 1.50 bits per heavy atom. The first-order valence-corrected chi connectivity index (χ1v) is 5.59. The Kier molecular flexibility index (Phi) is 5.05. The zero-order valence-corrected chi connectivity index (χ0v) is 10.3. The van der Waals surface area contributed by atoms with Crippen molar-refractivity contribution in [2.24, 2.45) is 5.73 Å². The molecule has 0 aliphatic rings. The molecule has 4 N–H and O–H groups in total. The van der Waals surface area contributed by atoms with E-state index in [2.05, 4.69) is 11.9 Å². The van der Waals surface area contributed by atoms with E-state index in [4.69, 9.17) is 10.5 Å². The highest BCUT2D eigenvalue weighted by Crippen LogP contribution is 2.11. The summed E-state index contributed by atoms with van der Waals surface area (Å²) in [5.74, 6) is 0.197. The number of nitrogens with one attached hydrogen (secondary N) is 1. The van der Waals surface area contributed by atoms with Crippen molar-refractivity contribution in [3.05, 3.63) is 42.3 Å². The van der Waals surface area contributed by atoms with Crippen molar-refractivity contribution in [3.63, 3.8) is 0 Å². The normalized spacial score (nSPS) is 11.6. The van der Waals surface area contributed by atoms with Crippen LogP contribution in [0.1, 0.15) is 12.5 Å². The number of nitrogens with two attached hydrogens (primary N) is 1. The van der Waals surface area contributed by atoms with Crippen LogP contribution in [-0.4, -0.2) is 23.7 Å². The zero-order valence-electron chi connectivity index (χ0n) is 10.3. The van der Waals surface area contributed by atoms with E-state index in [9.17, 15) is 9.90 Å². The van der Waals surface area contributed by atoms with Crippen molar-refractivity contribution in [1.29, 1.82) is 0 Å². The van der Waals surface area contributed by atoms with Gasteiger partial charge in [0.25, 0.3) is 0 Å². The monoisotopic (exact) mass is 250 g/mol. The molecule has 1 unspecified atom stereocenters. The third-order valence-corrected chi connectivity index (χ3v) is 2.30. The second kappa shape index (κ2) is 6.54. The number of amides is 1. The first-order valence-electron chi connectivity index (χ1n) is 5.59. The molecule has 98 valence electrons. The molecule has 1 aromatic carbocycles. The van der Waals surface area contributed by atoms with Crippen molar-refractivity contribution in [1.82, 2.24) is 5.32 Å². The zero-order chi connectivity index (χ0) is 13.5. The van der Waals surface area contributed by atoms with E-state index in [0.717, 1.165) is 5.56 Å². The fourth-order valence-corrected chi connectivity index (χ4v) is 1.56. The summed E-state index contributed by atoms with van der Waals surface area (Å²) in [4.78, 5) is 11.1. The quantitative estimate of drug-likeness (QED) is 0.654. The molecule has 0 aromatic heterocycles. The minimum atomic E-state index is -0.188. The average Bonchev–Trinajstić information content (AvgIpc) is 2.28. The van der Waals surface area contributed by atoms with Crippen molar-refractivity contribution in [2.75, 3.05) is 6.61 Å². The Labute approximate surface area is 106 Å². The molecule has 18 heavy (non-hydrogen) atoms. The summed E-state index contributed by atoms with van der Waals surface area (Å²) in [7, 11) is 0. The lowest BCUT2D eigenvalue weighted by Gasteiger charge is -2.18. The maximum atomic E-state index is 11.1. The van der Waals surface area contributed by atoms with Gasteiger partial charge in [-0.25, -0.2) is 0 Å². The number of benzene rings is 1. The maximum absolute atomic E-state index is 11.1. The van der Waals surface area contributed by atoms with Gasteiger partial charge in [0, 0.05) is 6.92 Å². The molecular formula is C13H18N2O3. The number of carbonyl (C=O) groups excluding carboxylic acids is 1. The van der Waals surface area contributed by atoms with Gasteiger partial charge in [-0.2, -0.15) is 0 Å². The van der Waals surface area contributed by atoms with Crippen LogP contribution in [0, 0.1) is 0 Å². The van der Waals surface area contributed by atoms with E-state index in [-0.39, 0.29) is 30.2 Å². The Morgan fingerprint density at radius 3 is 2.61 bits per heavy atom. The molecule has 0 spiro atoms. The minimum Gasteiger partial charge on any atom is -0.508 e. The maximum Gasteiger partial charge on any atom is 0.217 e. The van der Waals surface area contributed by atoms with E-state index >= 15 is 0 Å². The summed E-state index contributed by atoms with van der Waals surface area (Å²) in [5, 5.41) is 12.0. The van der Waals surface area contributed by atoms with Crippen LogP contribution in [0.25, 0.3) is 0 Å². The van der Waals surface area contributed by atoms with Gasteiger partial charge in [0.1, 0.15) is 12.4 Å². The number of aromatic hydroxyl groups is 1. The largest absolute Gasteiger partial charge is 0.508 e. The fraction of sp³-hybridized carbons (Fsp3) is 0.308. The highest BCUT2D eigenvalue weighted by Gasteiger charge is 2.12. The van der Waals surface area contributed by atoms with E-state index in [1.165, 1.54) is 6.92 Å². The molecule has 1 amide bonds. The van der Waals surface area contributed by atoms with E-state index in [0.29, 0.717) is 6.42 Å². The van der Waals surface area contributed by atoms with Crippen molar-refractivity contribution in [3.8, 4) is 5.75 Å². The van der Waals surface area contributed by atoms with Gasteiger partial charge in [-0.3, -0.25) is 4.79 Å². The van der Waals surface area contributed by atoms with Gasteiger partial charge in [0.05, 0.1) is 6.04 Å². The lowest BCUT2D eigenvalue weighted by Crippen LogP contribution is -2.38. The molecule has 5 nitrogen and oxygen atoms in total. The van der Waals surface area contributed by atoms with Crippen LogP contribution in [0.2, 0.25) is 0 Å². The van der Waals surface area contributed by atoms with Gasteiger partial charge in [-0.15, -0.1) is 0 Å². The van der Waals surface area contributed by atoms with Crippen LogP contribution in [0.3, 0.4) is 0 Å². The van der Waals surface area contributed by atoms with Crippen LogP contribution in [0.4, 0.5) is 0 Å². The predicted octanol–water partition coefficient (Wildman–Crippen LogP) is 0.886. The summed E-state index contributed by atoms with van der Waals surface area (Å²) < 4.78 is 5.12. The van der Waals surface area contributed by atoms with Gasteiger partial charge < -0.3 is 20.9 Å². The molecule has 0 saturated heterocycles. The number of ether oxygens (including phenoxy) is 1. The third kappa shape index (κ3) is 5.25. The summed E-state index contributed by atoms with van der Waals surface area (Å²) in [6, 6.07) is 6.60. The molecule has 0 aliphatic carbocycles. The molecule has 1 atom stereocenters. The van der Waals surface area contributed by atoms with Gasteiger partial charge in [0.15, 0.2) is 5.88 Å². The van der Waals surface area contributed by atoms with Crippen LogP contribution >= 0.6 is 0 Å². The number of phenolic OH excluding ortho intramolecular Hbond substituents is 1. The summed E-state index contributed by atoms with van der Waals surface area (Å²) in [5.41, 5.74) is 6.31. The molecular weight excluding hydrogens is 232 g/mol. The second-order valence-electron chi connectivity index (χ2n) is 4.05. The molecule has 1 rings (SSSR count). The lowest BCUT2D eigenvalue weighted by molar-refractivity contribution is -0.120. The number of hydrogen-bond donors (Lipinski definition) is 3. The molecule has 1 aromatic rings. The fourth-order valence-electron chi connectivity index (χ4n) is 1.56. The third-order valence-electron chi connectivity index (χ3n) is 2.30. The Bertz CT molecular complexity index is 415. The standard InChI is InChI=1S/C13H18N2O3/c1-9(14)18-8-12(15-10(2)16)7-11-3-5-13(17)6-4-11/h3-6,12,17H,1,7-8,14H2,2H3,(H,15,16). The van der Waals surface area contributed by atoms with Gasteiger partial charge in [0.2, 0.25) is 5.91 Å². The summed E-state index contributed by atoms with van der Waals surface area (Å²) in [6.07, 6.45) is 0.590. The predicted molar refractivity (Wildman–Crippen MR) is 68.7 cm³/mol. The Morgan fingerprint density at radius 2 is 2.11 bits per heavy atom. The van der Waals surface area contributed by atoms with Crippen molar-refractivity contribution in [2.45, 2.75) is 19.4 Å². The molecule has 0 bridgehead atoms. The first kappa shape index (κ1) is 13.9. The Hall–Kier alpha value is -2.17. The molecule has 0 saturated carbocycles. The van der Waals surface area contributed by atoms with Gasteiger partial charge >= 0.3 is 0 Å². The summed E-state index contributed by atoms with van der Waals surface area (Å²) >= 11 is 0. The Balaban J connectivity index is 2.61. The number of carbonyl (C=O) groups is 1. The highest BCUT2D eigenvalue weighted by atomic mass is 16.5. The second-order valence-corrected chi connectivity index (χ2v) is 4.05. The average molecular weight is 250 g/mol. The van der Waals surface area contributed by atoms with Crippen LogP contribution in [0.15, 0.2) is 36.7 Å². The molecule has 5 heteroatoms. The summed E-state index contributed by atoms with van der Waals surface area (Å²) in [6.45, 7) is 5.14. The van der Waals surface area contributed by atoms with Crippen molar-refractivity contribution < 1.29 is 14.6 Å². The molecule has 0 aliphatic heterocycles. The molecule has 0 fully saturated rings. The number of rotatable bonds is 6. The molecule has 0 heterocycles.